The predicted molar refractivity (Wildman–Crippen MR) is 101 cm³/mol. The number of nitrogens with zero attached hydrogens (tertiary/aromatic N) is 4. The average molecular weight is 373 g/mol. The summed E-state index contributed by atoms with van der Waals surface area (Å²) >= 11 is 0. The second-order valence-electron chi connectivity index (χ2n) is 6.48. The molecule has 1 atom stereocenters. The van der Waals surface area contributed by atoms with Crippen molar-refractivity contribution in [2.75, 3.05) is 43.4 Å². The molecule has 1 aliphatic rings. The molecule has 27 heavy (non-hydrogen) atoms. The van der Waals surface area contributed by atoms with Gasteiger partial charge < -0.3 is 19.9 Å². The zero-order valence-electron chi connectivity index (χ0n) is 15.6. The monoisotopic (exact) mass is 373 g/mol. The Balaban J connectivity index is 1.59. The second-order valence-corrected chi connectivity index (χ2v) is 6.48. The quantitative estimate of drug-likeness (QED) is 0.802. The molecular weight excluding hydrogens is 349 g/mol. The maximum absolute atomic E-state index is 13.3. The minimum atomic E-state index is -0.322. The van der Waals surface area contributed by atoms with Gasteiger partial charge in [0.05, 0.1) is 13.1 Å². The number of hydrogen-bond donors (Lipinski definition) is 1. The van der Waals surface area contributed by atoms with Crippen molar-refractivity contribution in [3.63, 3.8) is 0 Å². The lowest BCUT2D eigenvalue weighted by Gasteiger charge is -2.32. The summed E-state index contributed by atoms with van der Waals surface area (Å²) < 4.78 is 19.1. The Morgan fingerprint density at radius 2 is 2.15 bits per heavy atom. The number of likely N-dealkylation sites (N-methyl/N-ethyl adjacent to an activating group) is 1. The minimum Gasteiger partial charge on any atom is -0.489 e. The number of hydrogen-bond acceptors (Lipinski definition) is 6. The Kier molecular flexibility index (Phi) is 6.05. The van der Waals surface area contributed by atoms with Crippen LogP contribution in [0.2, 0.25) is 0 Å². The van der Waals surface area contributed by atoms with Crippen LogP contribution in [0.4, 0.5) is 16.0 Å². The first kappa shape index (κ1) is 18.9. The summed E-state index contributed by atoms with van der Waals surface area (Å²) in [5.41, 5.74) is 0. The number of carbonyl (C=O) groups is 1. The summed E-state index contributed by atoms with van der Waals surface area (Å²) in [7, 11) is 1.80. The van der Waals surface area contributed by atoms with E-state index in [0.29, 0.717) is 37.0 Å². The van der Waals surface area contributed by atoms with Crippen LogP contribution in [0.25, 0.3) is 0 Å². The Hall–Kier alpha value is -2.90. The van der Waals surface area contributed by atoms with Gasteiger partial charge in [0, 0.05) is 32.3 Å². The van der Waals surface area contributed by atoms with Crippen molar-refractivity contribution in [1.82, 2.24) is 14.9 Å². The van der Waals surface area contributed by atoms with E-state index in [-0.39, 0.29) is 17.8 Å². The molecule has 144 valence electrons. The van der Waals surface area contributed by atoms with Crippen LogP contribution in [0.15, 0.2) is 36.7 Å². The third-order valence-corrected chi connectivity index (χ3v) is 4.50. The highest BCUT2D eigenvalue weighted by Crippen LogP contribution is 2.18. The molecule has 0 spiro atoms. The second kappa shape index (κ2) is 8.66. The van der Waals surface area contributed by atoms with Crippen LogP contribution >= 0.6 is 0 Å². The van der Waals surface area contributed by atoms with Gasteiger partial charge in [-0.2, -0.15) is 0 Å². The first-order chi connectivity index (χ1) is 13.0. The van der Waals surface area contributed by atoms with Gasteiger partial charge in [0.15, 0.2) is 0 Å². The molecule has 3 rings (SSSR count). The lowest BCUT2D eigenvalue weighted by Crippen LogP contribution is -2.48. The maximum Gasteiger partial charge on any atom is 0.241 e. The SMILES string of the molecule is CCC(CNc1cc(N2CCN(C)C(=O)C2)ncn1)Oc1cccc(F)c1. The Morgan fingerprint density at radius 1 is 1.30 bits per heavy atom. The van der Waals surface area contributed by atoms with E-state index in [0.717, 1.165) is 13.0 Å². The average Bonchev–Trinajstić information content (AvgIpc) is 2.67. The molecule has 1 saturated heterocycles. The molecule has 1 amide bonds. The number of amides is 1. The summed E-state index contributed by atoms with van der Waals surface area (Å²) in [5, 5.41) is 3.24. The number of anilines is 2. The fourth-order valence-electron chi connectivity index (χ4n) is 2.79. The van der Waals surface area contributed by atoms with Crippen molar-refractivity contribution in [3.8, 4) is 5.75 Å². The predicted octanol–water partition coefficient (Wildman–Crippen LogP) is 2.16. The lowest BCUT2D eigenvalue weighted by atomic mass is 10.2. The van der Waals surface area contributed by atoms with Crippen molar-refractivity contribution in [1.29, 1.82) is 0 Å². The number of carbonyl (C=O) groups excluding carboxylic acids is 1. The van der Waals surface area contributed by atoms with Gasteiger partial charge >= 0.3 is 0 Å². The van der Waals surface area contributed by atoms with Crippen molar-refractivity contribution >= 4 is 17.5 Å². The summed E-state index contributed by atoms with van der Waals surface area (Å²) in [6.07, 6.45) is 2.11. The molecule has 7 nitrogen and oxygen atoms in total. The molecule has 2 heterocycles. The van der Waals surface area contributed by atoms with E-state index >= 15 is 0 Å². The van der Waals surface area contributed by atoms with Gasteiger partial charge in [-0.3, -0.25) is 4.79 Å². The van der Waals surface area contributed by atoms with E-state index < -0.39 is 0 Å². The number of halogens is 1. The van der Waals surface area contributed by atoms with E-state index in [2.05, 4.69) is 15.3 Å². The molecule has 0 saturated carbocycles. The number of rotatable bonds is 7. The van der Waals surface area contributed by atoms with Crippen molar-refractivity contribution in [2.24, 2.45) is 0 Å². The van der Waals surface area contributed by atoms with Gasteiger partial charge in [-0.1, -0.05) is 13.0 Å². The molecule has 1 fully saturated rings. The maximum atomic E-state index is 13.3. The van der Waals surface area contributed by atoms with Gasteiger partial charge in [-0.25, -0.2) is 14.4 Å². The standard InChI is InChI=1S/C19H24FN5O2/c1-3-15(27-16-6-4-5-14(20)9-16)11-21-17-10-18(23-13-22-17)25-8-7-24(2)19(26)12-25/h4-6,9-10,13,15H,3,7-8,11-12H2,1-2H3,(H,21,22,23). The molecular formula is C19H24FN5O2. The first-order valence-corrected chi connectivity index (χ1v) is 9.02. The van der Waals surface area contributed by atoms with Crippen molar-refractivity contribution in [2.45, 2.75) is 19.4 Å². The molecule has 0 radical (unpaired) electrons. The fraction of sp³-hybridized carbons (Fsp3) is 0.421. The minimum absolute atomic E-state index is 0.0731. The highest BCUT2D eigenvalue weighted by molar-refractivity contribution is 5.82. The summed E-state index contributed by atoms with van der Waals surface area (Å²) in [5.74, 6) is 1.63. The van der Waals surface area contributed by atoms with Crippen LogP contribution in [0.3, 0.4) is 0 Å². The molecule has 0 bridgehead atoms. The molecule has 1 aromatic carbocycles. The van der Waals surface area contributed by atoms with E-state index in [1.165, 1.54) is 18.5 Å². The zero-order chi connectivity index (χ0) is 19.2. The van der Waals surface area contributed by atoms with Crippen LogP contribution in [0.1, 0.15) is 13.3 Å². The molecule has 8 heteroatoms. The molecule has 0 aliphatic carbocycles. The third-order valence-electron chi connectivity index (χ3n) is 4.50. The van der Waals surface area contributed by atoms with Crippen LogP contribution in [-0.4, -0.2) is 60.1 Å². The normalized spacial score (nSPS) is 15.6. The van der Waals surface area contributed by atoms with E-state index in [1.807, 2.05) is 17.9 Å². The Labute approximate surface area is 158 Å². The van der Waals surface area contributed by atoms with E-state index in [1.54, 1.807) is 24.1 Å². The molecule has 1 aliphatic heterocycles. The summed E-state index contributed by atoms with van der Waals surface area (Å²) in [6, 6.07) is 7.94. The van der Waals surface area contributed by atoms with Crippen molar-refractivity contribution in [3.05, 3.63) is 42.5 Å². The van der Waals surface area contributed by atoms with Gasteiger partial charge in [0.25, 0.3) is 0 Å². The Bertz CT molecular complexity index is 788. The fourth-order valence-corrected chi connectivity index (χ4v) is 2.79. The van der Waals surface area contributed by atoms with Gasteiger partial charge in [-0.15, -0.1) is 0 Å². The molecule has 1 aromatic heterocycles. The number of nitrogens with one attached hydrogen (secondary N) is 1. The number of benzene rings is 1. The van der Waals surface area contributed by atoms with Crippen LogP contribution < -0.4 is 15.0 Å². The first-order valence-electron chi connectivity index (χ1n) is 9.02. The third kappa shape index (κ3) is 5.06. The molecule has 2 aromatic rings. The van der Waals surface area contributed by atoms with Crippen LogP contribution in [-0.2, 0) is 4.79 Å². The summed E-state index contributed by atoms with van der Waals surface area (Å²) in [6.45, 7) is 4.25. The highest BCUT2D eigenvalue weighted by atomic mass is 19.1. The summed E-state index contributed by atoms with van der Waals surface area (Å²) in [4.78, 5) is 24.1. The number of piperazine rings is 1. The largest absolute Gasteiger partial charge is 0.489 e. The zero-order valence-corrected chi connectivity index (χ0v) is 15.6. The highest BCUT2D eigenvalue weighted by Gasteiger charge is 2.22. The van der Waals surface area contributed by atoms with Crippen LogP contribution in [0.5, 0.6) is 5.75 Å². The van der Waals surface area contributed by atoms with E-state index in [4.69, 9.17) is 4.74 Å². The van der Waals surface area contributed by atoms with Crippen LogP contribution in [0, 0.1) is 5.82 Å². The lowest BCUT2D eigenvalue weighted by molar-refractivity contribution is -0.129. The smallest absolute Gasteiger partial charge is 0.241 e. The Morgan fingerprint density at radius 3 is 2.89 bits per heavy atom. The number of ether oxygens (including phenoxy) is 1. The topological polar surface area (TPSA) is 70.6 Å². The van der Waals surface area contributed by atoms with Gasteiger partial charge in [-0.05, 0) is 18.6 Å². The molecule has 1 N–H and O–H groups in total. The number of aromatic nitrogens is 2. The van der Waals surface area contributed by atoms with Gasteiger partial charge in [0.1, 0.15) is 35.6 Å². The van der Waals surface area contributed by atoms with E-state index in [9.17, 15) is 9.18 Å². The van der Waals surface area contributed by atoms with Gasteiger partial charge in [0.2, 0.25) is 5.91 Å². The van der Waals surface area contributed by atoms with Crippen molar-refractivity contribution < 1.29 is 13.9 Å². The molecule has 1 unspecified atom stereocenters.